The van der Waals surface area contributed by atoms with Gasteiger partial charge in [0.2, 0.25) is 11.8 Å². The van der Waals surface area contributed by atoms with Crippen LogP contribution in [0.3, 0.4) is 0 Å². The standard InChI is InChI=1S/C19H19NO3.C19H21NO2.C17H16BrNO3.C10H21BO2/c1-2-14-8-6-7-11-16(14)23-19(15-9-4-3-5-10-15)17-12-20-18(21)13-22-17;1-2-15-8-6-7-11-17(15)22-19(16-9-4-3-5-10-16)18-14-20-12-13-21-18;18-13-8-4-5-9-14(13)22-17(12-6-2-1-3-7-12)15-10-19-16(20)11-21-15;1-4-7-9-12-11(6-3)13-10-8-5-2/h2-11,17,19H,1,12-13H2,(H,20,21);2-11,18-20H,1,12-14H2;1-9,15,17H,10-11H2,(H,19,20);6H,3-5,7-10H2,1-2H3/t17-,19-;18-,19-;15-,17-;/m000./s1. The summed E-state index contributed by atoms with van der Waals surface area (Å²) in [6, 6.07) is 53.4. The zero-order valence-corrected chi connectivity index (χ0v) is 47.7. The van der Waals surface area contributed by atoms with Crippen LogP contribution in [0.1, 0.15) is 85.7 Å². The van der Waals surface area contributed by atoms with E-state index in [2.05, 4.69) is 77.6 Å². The third-order valence-electron chi connectivity index (χ3n) is 12.8. The van der Waals surface area contributed by atoms with Crippen molar-refractivity contribution in [2.45, 2.75) is 76.2 Å². The summed E-state index contributed by atoms with van der Waals surface area (Å²) in [5.41, 5.74) is 5.06. The highest BCUT2D eigenvalue weighted by atomic mass is 79.9. The number of hydrogen-bond donors (Lipinski definition) is 3. The normalized spacial score (nSPS) is 17.7. The Labute approximate surface area is 482 Å². The molecule has 6 aromatic carbocycles. The number of benzene rings is 6. The minimum Gasteiger partial charge on any atom is -0.482 e. The van der Waals surface area contributed by atoms with Gasteiger partial charge in [0.1, 0.15) is 48.8 Å². The van der Waals surface area contributed by atoms with E-state index in [0.29, 0.717) is 19.7 Å². The average molecular weight is 1150 g/mol. The lowest BCUT2D eigenvalue weighted by Crippen LogP contribution is -2.46. The predicted molar refractivity (Wildman–Crippen MR) is 322 cm³/mol. The van der Waals surface area contributed by atoms with Crippen molar-refractivity contribution in [2.24, 2.45) is 0 Å². The molecule has 3 aliphatic rings. The van der Waals surface area contributed by atoms with Crippen LogP contribution in [0.4, 0.5) is 0 Å². The molecule has 0 saturated carbocycles. The summed E-state index contributed by atoms with van der Waals surface area (Å²) < 4.78 is 47.8. The van der Waals surface area contributed by atoms with Gasteiger partial charge in [-0.2, -0.15) is 0 Å². The third-order valence-corrected chi connectivity index (χ3v) is 13.5. The van der Waals surface area contributed by atoms with Gasteiger partial charge in [-0.05, 0) is 69.7 Å². The maximum Gasteiger partial charge on any atom is 0.485 e. The quantitative estimate of drug-likeness (QED) is 0.0417. The molecule has 6 aromatic rings. The fraction of sp³-hybridized carbons (Fsp3) is 0.323. The first kappa shape index (κ1) is 62.4. The summed E-state index contributed by atoms with van der Waals surface area (Å²) in [4.78, 5) is 22.6. The van der Waals surface area contributed by atoms with E-state index in [9.17, 15) is 9.59 Å². The number of nitrogens with one attached hydrogen (secondary N) is 3. The second kappa shape index (κ2) is 35.7. The van der Waals surface area contributed by atoms with Gasteiger partial charge in [0.15, 0.2) is 18.3 Å². The molecule has 13 nitrogen and oxygen atoms in total. The number of hydrogen-bond acceptors (Lipinski definition) is 11. The van der Waals surface area contributed by atoms with Crippen LogP contribution >= 0.6 is 15.9 Å². The van der Waals surface area contributed by atoms with Crippen molar-refractivity contribution in [3.05, 3.63) is 222 Å². The number of morpholine rings is 3. The molecule has 0 unspecified atom stereocenters. The van der Waals surface area contributed by atoms with Gasteiger partial charge in [0, 0.05) is 50.5 Å². The number of halogens is 1. The minimum atomic E-state index is -0.308. The van der Waals surface area contributed by atoms with Gasteiger partial charge in [-0.3, -0.25) is 9.59 Å². The van der Waals surface area contributed by atoms with Crippen molar-refractivity contribution < 1.29 is 47.3 Å². The molecule has 3 aliphatic heterocycles. The van der Waals surface area contributed by atoms with E-state index in [1.54, 1.807) is 12.1 Å². The van der Waals surface area contributed by atoms with Gasteiger partial charge in [-0.15, -0.1) is 6.58 Å². The molecule has 0 radical (unpaired) electrons. The number of para-hydroxylation sites is 3. The molecular formula is C65H77BBrN3O10. The molecule has 3 N–H and O–H groups in total. The van der Waals surface area contributed by atoms with E-state index in [1.807, 2.05) is 158 Å². The summed E-state index contributed by atoms with van der Waals surface area (Å²) in [7, 11) is -0.210. The Kier molecular flexibility index (Phi) is 27.9. The Bertz CT molecular complexity index is 2720. The maximum absolute atomic E-state index is 11.3. The molecule has 80 heavy (non-hydrogen) atoms. The first-order chi connectivity index (χ1) is 39.2. The van der Waals surface area contributed by atoms with Crippen LogP contribution in [0, 0.1) is 0 Å². The SMILES string of the molecule is C=CB(OCCCC)OCCCC.C=Cc1ccccc1O[C@@H](c1ccccc1)[C@@H]1CNC(=O)CO1.C=Cc1ccccc1O[C@@H](c1ccccc1)[C@@H]1CNCCO1.O=C1CO[C@H]([C@@H](Oc2ccccc2Br)c2ccccc2)CN1. The third kappa shape index (κ3) is 20.7. The fourth-order valence-corrected chi connectivity index (χ4v) is 8.90. The zero-order chi connectivity index (χ0) is 56.6. The lowest BCUT2D eigenvalue weighted by Gasteiger charge is -2.32. The minimum absolute atomic E-state index is 0.00554. The van der Waals surface area contributed by atoms with Gasteiger partial charge in [0.05, 0.1) is 11.1 Å². The number of rotatable bonds is 23. The highest BCUT2D eigenvalue weighted by Crippen LogP contribution is 2.34. The molecule has 0 bridgehead atoms. The van der Waals surface area contributed by atoms with Crippen molar-refractivity contribution in [1.29, 1.82) is 0 Å². The Morgan fingerprint density at radius 1 is 0.537 bits per heavy atom. The Hall–Kier alpha value is -6.82. The van der Waals surface area contributed by atoms with Gasteiger partial charge >= 0.3 is 7.12 Å². The smallest absolute Gasteiger partial charge is 0.482 e. The number of amides is 2. The van der Waals surface area contributed by atoms with Gasteiger partial charge in [-0.1, -0.05) is 198 Å². The fourth-order valence-electron chi connectivity index (χ4n) is 8.52. The molecule has 3 saturated heterocycles. The van der Waals surface area contributed by atoms with Crippen molar-refractivity contribution in [3.8, 4) is 17.2 Å². The highest BCUT2D eigenvalue weighted by Gasteiger charge is 2.32. The molecule has 0 aliphatic carbocycles. The van der Waals surface area contributed by atoms with Crippen LogP contribution in [0.25, 0.3) is 12.2 Å². The van der Waals surface area contributed by atoms with E-state index in [4.69, 9.17) is 37.7 Å². The largest absolute Gasteiger partial charge is 0.485 e. The summed E-state index contributed by atoms with van der Waals surface area (Å²) in [6.45, 7) is 20.5. The zero-order valence-electron chi connectivity index (χ0n) is 46.1. The molecule has 3 fully saturated rings. The number of carbonyl (C=O) groups is 2. The molecule has 422 valence electrons. The van der Waals surface area contributed by atoms with E-state index in [0.717, 1.165) is 102 Å². The summed E-state index contributed by atoms with van der Waals surface area (Å²) >= 11 is 3.50. The topological polar surface area (TPSA) is 144 Å². The van der Waals surface area contributed by atoms with Gasteiger partial charge < -0.3 is 53.7 Å². The first-order valence-corrected chi connectivity index (χ1v) is 28.3. The van der Waals surface area contributed by atoms with Crippen LogP contribution in [0.15, 0.2) is 194 Å². The van der Waals surface area contributed by atoms with Crippen LogP contribution in [0.2, 0.25) is 0 Å². The van der Waals surface area contributed by atoms with E-state index < -0.39 is 0 Å². The summed E-state index contributed by atoms with van der Waals surface area (Å²) in [5, 5.41) is 9.03. The number of unbranched alkanes of at least 4 members (excludes halogenated alkanes) is 2. The Morgan fingerprint density at radius 3 is 1.29 bits per heavy atom. The van der Waals surface area contributed by atoms with Crippen molar-refractivity contribution in [1.82, 2.24) is 16.0 Å². The van der Waals surface area contributed by atoms with E-state index >= 15 is 0 Å². The lowest BCUT2D eigenvalue weighted by atomic mass is 9.91. The Morgan fingerprint density at radius 2 is 0.925 bits per heavy atom. The molecule has 2 amide bonds. The second-order valence-electron chi connectivity index (χ2n) is 18.7. The van der Waals surface area contributed by atoms with Crippen LogP contribution in [0.5, 0.6) is 17.2 Å². The van der Waals surface area contributed by atoms with Crippen molar-refractivity contribution in [3.63, 3.8) is 0 Å². The van der Waals surface area contributed by atoms with E-state index in [-0.39, 0.29) is 68.8 Å². The highest BCUT2D eigenvalue weighted by molar-refractivity contribution is 9.10. The molecular weight excluding hydrogens is 1070 g/mol. The molecule has 3 heterocycles. The second-order valence-corrected chi connectivity index (χ2v) is 19.6. The monoisotopic (exact) mass is 1150 g/mol. The predicted octanol–water partition coefficient (Wildman–Crippen LogP) is 12.3. The maximum atomic E-state index is 11.3. The van der Waals surface area contributed by atoms with Crippen LogP contribution < -0.4 is 30.2 Å². The Balaban J connectivity index is 0.000000175. The van der Waals surface area contributed by atoms with Gasteiger partial charge in [-0.25, -0.2) is 0 Å². The first-order valence-electron chi connectivity index (χ1n) is 27.5. The van der Waals surface area contributed by atoms with Crippen molar-refractivity contribution >= 4 is 47.0 Å². The van der Waals surface area contributed by atoms with Crippen LogP contribution in [-0.4, -0.2) is 96.5 Å². The van der Waals surface area contributed by atoms with Crippen LogP contribution in [-0.2, 0) is 33.1 Å². The van der Waals surface area contributed by atoms with Crippen molar-refractivity contribution in [2.75, 3.05) is 59.2 Å². The lowest BCUT2D eigenvalue weighted by molar-refractivity contribution is -0.138. The summed E-state index contributed by atoms with van der Waals surface area (Å²) in [6.07, 6.45) is 6.83. The molecule has 0 spiro atoms. The summed E-state index contributed by atoms with van der Waals surface area (Å²) in [5.74, 6) is 3.85. The number of carbonyl (C=O) groups excluding carboxylic acids is 2. The number of ether oxygens (including phenoxy) is 6. The molecule has 0 aromatic heterocycles. The molecule has 15 heteroatoms. The average Bonchev–Trinajstić information content (AvgIpc) is 3.52. The molecule has 9 rings (SSSR count). The van der Waals surface area contributed by atoms with Gasteiger partial charge in [0.25, 0.3) is 0 Å². The molecule has 6 atom stereocenters. The van der Waals surface area contributed by atoms with E-state index in [1.165, 1.54) is 0 Å².